The first kappa shape index (κ1) is 23.1. The van der Waals surface area contributed by atoms with Gasteiger partial charge in [-0.25, -0.2) is 0 Å². The lowest BCUT2D eigenvalue weighted by molar-refractivity contribution is 0.0951. The molecule has 4 aromatic rings. The lowest BCUT2D eigenvalue weighted by atomic mass is 9.95. The van der Waals surface area contributed by atoms with E-state index in [-0.39, 0.29) is 17.1 Å². The molecular formula is C28H26N2O4S. The molecule has 2 N–H and O–H groups in total. The number of anilines is 1. The predicted molar refractivity (Wildman–Crippen MR) is 138 cm³/mol. The second-order valence-corrected chi connectivity index (χ2v) is 9.80. The number of carbonyl (C=O) groups excluding carboxylic acids is 2. The molecule has 2 amide bonds. The van der Waals surface area contributed by atoms with E-state index in [1.54, 1.807) is 12.1 Å². The van der Waals surface area contributed by atoms with Gasteiger partial charge in [0, 0.05) is 17.5 Å². The van der Waals surface area contributed by atoms with Gasteiger partial charge in [0.2, 0.25) is 0 Å². The highest BCUT2D eigenvalue weighted by Crippen LogP contribution is 2.38. The van der Waals surface area contributed by atoms with Crippen molar-refractivity contribution in [2.24, 2.45) is 0 Å². The molecule has 0 aliphatic heterocycles. The molecule has 6 nitrogen and oxygen atoms in total. The molecule has 5 rings (SSSR count). The van der Waals surface area contributed by atoms with E-state index in [1.165, 1.54) is 17.4 Å². The van der Waals surface area contributed by atoms with E-state index < -0.39 is 5.91 Å². The Balaban J connectivity index is 1.43. The van der Waals surface area contributed by atoms with Gasteiger partial charge in [0.25, 0.3) is 11.8 Å². The zero-order valence-electron chi connectivity index (χ0n) is 19.5. The molecule has 0 spiro atoms. The van der Waals surface area contributed by atoms with E-state index in [1.807, 2.05) is 43.3 Å². The first-order chi connectivity index (χ1) is 17.0. The van der Waals surface area contributed by atoms with E-state index in [0.717, 1.165) is 53.7 Å². The number of rotatable bonds is 6. The largest absolute Gasteiger partial charge is 0.451 e. The monoisotopic (exact) mass is 486 g/mol. The zero-order valence-corrected chi connectivity index (χ0v) is 20.3. The Hall–Kier alpha value is -3.71. The number of aryl methyl sites for hydroxylation is 2. The van der Waals surface area contributed by atoms with Crippen LogP contribution in [-0.4, -0.2) is 11.8 Å². The second kappa shape index (κ2) is 9.88. The maximum atomic E-state index is 13.3. The van der Waals surface area contributed by atoms with Crippen LogP contribution in [0.2, 0.25) is 0 Å². The Kier molecular flexibility index (Phi) is 6.51. The maximum Gasteiger partial charge on any atom is 0.292 e. The number of hydrogen-bond donors (Lipinski definition) is 2. The lowest BCUT2D eigenvalue weighted by Gasteiger charge is -2.13. The number of nitrogens with one attached hydrogen (secondary N) is 2. The Morgan fingerprint density at radius 3 is 2.57 bits per heavy atom. The SMILES string of the molecule is CCc1ccc2oc(C(=O)Nc3sc4c(c3C(=O)NCc3ccccc3)CCCC4)cc(=O)c2c1. The fourth-order valence-corrected chi connectivity index (χ4v) is 5.74. The predicted octanol–water partition coefficient (Wildman–Crippen LogP) is 5.48. The van der Waals surface area contributed by atoms with Gasteiger partial charge in [0.05, 0.1) is 10.9 Å². The van der Waals surface area contributed by atoms with Gasteiger partial charge in [-0.2, -0.15) is 0 Å². The van der Waals surface area contributed by atoms with Crippen molar-refractivity contribution in [1.82, 2.24) is 5.32 Å². The molecule has 1 aliphatic carbocycles. The van der Waals surface area contributed by atoms with Crippen molar-refractivity contribution in [1.29, 1.82) is 0 Å². The Morgan fingerprint density at radius 2 is 1.77 bits per heavy atom. The molecule has 0 bridgehead atoms. The van der Waals surface area contributed by atoms with Gasteiger partial charge in [0.1, 0.15) is 10.6 Å². The molecule has 7 heteroatoms. The van der Waals surface area contributed by atoms with Crippen molar-refractivity contribution in [2.45, 2.75) is 45.6 Å². The van der Waals surface area contributed by atoms with E-state index in [9.17, 15) is 14.4 Å². The summed E-state index contributed by atoms with van der Waals surface area (Å²) in [5.74, 6) is -0.830. The maximum absolute atomic E-state index is 13.3. The minimum absolute atomic E-state index is 0.0752. The molecular weight excluding hydrogens is 460 g/mol. The summed E-state index contributed by atoms with van der Waals surface area (Å²) in [5.41, 5.74) is 3.65. The van der Waals surface area contributed by atoms with Gasteiger partial charge in [-0.3, -0.25) is 14.4 Å². The van der Waals surface area contributed by atoms with Crippen LogP contribution in [0.5, 0.6) is 0 Å². The number of fused-ring (bicyclic) bond motifs is 2. The highest BCUT2D eigenvalue weighted by atomic mass is 32.1. The highest BCUT2D eigenvalue weighted by molar-refractivity contribution is 7.17. The average molecular weight is 487 g/mol. The molecule has 0 fully saturated rings. The first-order valence-corrected chi connectivity index (χ1v) is 12.7. The van der Waals surface area contributed by atoms with Gasteiger partial charge in [-0.05, 0) is 60.9 Å². The number of hydrogen-bond acceptors (Lipinski definition) is 5. The standard InChI is InChI=1S/C28H26N2O4S/c1-2-17-12-13-22-20(14-17)21(31)15-23(34-22)26(32)30-28-25(19-10-6-7-11-24(19)35-28)27(33)29-16-18-8-4-3-5-9-18/h3-5,8-9,12-15H,2,6-7,10-11,16H2,1H3,(H,29,33)(H,30,32). The molecule has 0 unspecified atom stereocenters. The molecule has 178 valence electrons. The van der Waals surface area contributed by atoms with Gasteiger partial charge < -0.3 is 15.1 Å². The van der Waals surface area contributed by atoms with Crippen molar-refractivity contribution in [3.8, 4) is 0 Å². The summed E-state index contributed by atoms with van der Waals surface area (Å²) >= 11 is 1.44. The second-order valence-electron chi connectivity index (χ2n) is 8.70. The topological polar surface area (TPSA) is 88.4 Å². The van der Waals surface area contributed by atoms with Gasteiger partial charge in [0.15, 0.2) is 11.2 Å². The van der Waals surface area contributed by atoms with E-state index in [4.69, 9.17) is 4.42 Å². The summed E-state index contributed by atoms with van der Waals surface area (Å²) in [6.07, 6.45) is 4.57. The van der Waals surface area contributed by atoms with Crippen LogP contribution < -0.4 is 16.1 Å². The van der Waals surface area contributed by atoms with Crippen molar-refractivity contribution in [3.63, 3.8) is 0 Å². The van der Waals surface area contributed by atoms with Gasteiger partial charge in [-0.15, -0.1) is 11.3 Å². The molecule has 0 saturated heterocycles. The van der Waals surface area contributed by atoms with E-state index in [2.05, 4.69) is 10.6 Å². The van der Waals surface area contributed by atoms with E-state index >= 15 is 0 Å². The summed E-state index contributed by atoms with van der Waals surface area (Å²) in [6, 6.07) is 16.3. The molecule has 0 atom stereocenters. The van der Waals surface area contributed by atoms with Crippen LogP contribution in [0.1, 0.15) is 62.2 Å². The number of benzene rings is 2. The molecule has 35 heavy (non-hydrogen) atoms. The fourth-order valence-electron chi connectivity index (χ4n) is 4.46. The molecule has 0 saturated carbocycles. The van der Waals surface area contributed by atoms with Gasteiger partial charge >= 0.3 is 0 Å². The van der Waals surface area contributed by atoms with Crippen molar-refractivity contribution in [2.75, 3.05) is 5.32 Å². The molecule has 2 aromatic heterocycles. The highest BCUT2D eigenvalue weighted by Gasteiger charge is 2.27. The van der Waals surface area contributed by atoms with Crippen molar-refractivity contribution in [3.05, 3.63) is 97.7 Å². The minimum atomic E-state index is -0.542. The normalized spacial score (nSPS) is 12.8. The zero-order chi connectivity index (χ0) is 24.4. The molecule has 1 aliphatic rings. The third kappa shape index (κ3) is 4.77. The van der Waals surface area contributed by atoms with Crippen LogP contribution in [0.25, 0.3) is 11.0 Å². The van der Waals surface area contributed by atoms with Crippen LogP contribution in [0, 0.1) is 0 Å². The number of amides is 2. The summed E-state index contributed by atoms with van der Waals surface area (Å²) in [4.78, 5) is 40.2. The first-order valence-electron chi connectivity index (χ1n) is 11.9. The summed E-state index contributed by atoms with van der Waals surface area (Å²) in [5, 5.41) is 6.80. The van der Waals surface area contributed by atoms with Crippen LogP contribution >= 0.6 is 11.3 Å². The van der Waals surface area contributed by atoms with Crippen LogP contribution in [0.3, 0.4) is 0 Å². The Labute approximate surface area is 207 Å². The summed E-state index contributed by atoms with van der Waals surface area (Å²) < 4.78 is 5.78. The quantitative estimate of drug-likeness (QED) is 0.378. The molecule has 0 radical (unpaired) electrons. The number of thiophene rings is 1. The van der Waals surface area contributed by atoms with Crippen LogP contribution in [-0.2, 0) is 25.8 Å². The third-order valence-electron chi connectivity index (χ3n) is 6.34. The Morgan fingerprint density at radius 1 is 0.971 bits per heavy atom. The smallest absolute Gasteiger partial charge is 0.292 e. The molecule has 2 heterocycles. The lowest BCUT2D eigenvalue weighted by Crippen LogP contribution is -2.25. The van der Waals surface area contributed by atoms with E-state index in [0.29, 0.717) is 28.1 Å². The fraction of sp³-hybridized carbons (Fsp3) is 0.250. The van der Waals surface area contributed by atoms with Gasteiger partial charge in [-0.1, -0.05) is 43.3 Å². The third-order valence-corrected chi connectivity index (χ3v) is 7.55. The summed E-state index contributed by atoms with van der Waals surface area (Å²) in [6.45, 7) is 2.41. The minimum Gasteiger partial charge on any atom is -0.451 e. The van der Waals surface area contributed by atoms with Crippen LogP contribution in [0.4, 0.5) is 5.00 Å². The number of carbonyl (C=O) groups is 2. The average Bonchev–Trinajstić information content (AvgIpc) is 3.25. The van der Waals surface area contributed by atoms with Crippen molar-refractivity contribution >= 4 is 39.1 Å². The molecule has 2 aromatic carbocycles. The Bertz CT molecular complexity index is 1470. The van der Waals surface area contributed by atoms with Crippen molar-refractivity contribution < 1.29 is 14.0 Å². The summed E-state index contributed by atoms with van der Waals surface area (Å²) in [7, 11) is 0. The van der Waals surface area contributed by atoms with Crippen LogP contribution in [0.15, 0.2) is 63.8 Å².